The Kier molecular flexibility index (Phi) is 3.74. The van der Waals surface area contributed by atoms with E-state index in [1.54, 1.807) is 0 Å². The molecule has 5 heteroatoms. The van der Waals surface area contributed by atoms with Crippen LogP contribution in [0.15, 0.2) is 18.5 Å². The molecular formula is C16H25BN2O2. The van der Waals surface area contributed by atoms with Gasteiger partial charge < -0.3 is 14.6 Å². The first kappa shape index (κ1) is 14.9. The molecule has 2 heterocycles. The fourth-order valence-electron chi connectivity index (χ4n) is 2.95. The van der Waals surface area contributed by atoms with Crippen LogP contribution in [0.4, 0.5) is 5.69 Å². The number of rotatable bonds is 3. The highest BCUT2D eigenvalue weighted by Gasteiger charge is 2.51. The molecule has 0 aromatic carbocycles. The fraction of sp³-hybridized carbons (Fsp3) is 0.688. The Morgan fingerprint density at radius 1 is 1.10 bits per heavy atom. The second-order valence-corrected chi connectivity index (χ2v) is 7.22. The average molecular weight is 288 g/mol. The first-order valence-electron chi connectivity index (χ1n) is 7.94. The maximum absolute atomic E-state index is 6.09. The highest BCUT2D eigenvalue weighted by Crippen LogP contribution is 2.36. The first-order valence-corrected chi connectivity index (χ1v) is 7.94. The molecule has 3 rings (SSSR count). The van der Waals surface area contributed by atoms with Crippen LogP contribution in [0.3, 0.4) is 0 Å². The molecule has 1 aromatic heterocycles. The normalized spacial score (nSPS) is 24.5. The summed E-state index contributed by atoms with van der Waals surface area (Å²) in [6, 6.07) is 2.69. The molecular weight excluding hydrogens is 263 g/mol. The van der Waals surface area contributed by atoms with E-state index in [-0.39, 0.29) is 18.3 Å². The smallest absolute Gasteiger partial charge is 0.399 e. The van der Waals surface area contributed by atoms with Gasteiger partial charge in [-0.25, -0.2) is 0 Å². The number of aromatic nitrogens is 1. The van der Waals surface area contributed by atoms with Crippen molar-refractivity contribution in [1.82, 2.24) is 4.98 Å². The molecule has 1 N–H and O–H groups in total. The zero-order valence-electron chi connectivity index (χ0n) is 13.5. The zero-order chi connectivity index (χ0) is 15.1. The van der Waals surface area contributed by atoms with Gasteiger partial charge >= 0.3 is 7.12 Å². The van der Waals surface area contributed by atoms with Crippen molar-refractivity contribution in [1.29, 1.82) is 0 Å². The van der Waals surface area contributed by atoms with Crippen LogP contribution in [-0.2, 0) is 9.31 Å². The third-order valence-electron chi connectivity index (χ3n) is 5.01. The highest BCUT2D eigenvalue weighted by molar-refractivity contribution is 6.62. The third-order valence-corrected chi connectivity index (χ3v) is 5.01. The predicted octanol–water partition coefficient (Wildman–Crippen LogP) is 2.74. The molecule has 0 radical (unpaired) electrons. The minimum absolute atomic E-state index is 0.313. The van der Waals surface area contributed by atoms with Crippen LogP contribution in [0.5, 0.6) is 0 Å². The van der Waals surface area contributed by atoms with Crippen molar-refractivity contribution in [3.8, 4) is 0 Å². The van der Waals surface area contributed by atoms with Crippen molar-refractivity contribution in [3.05, 3.63) is 18.5 Å². The Bertz CT molecular complexity index is 497. The summed E-state index contributed by atoms with van der Waals surface area (Å²) in [5.74, 6) is 0. The topological polar surface area (TPSA) is 43.4 Å². The molecule has 1 saturated heterocycles. The maximum Gasteiger partial charge on any atom is 0.496 e. The Balaban J connectivity index is 1.74. The summed E-state index contributed by atoms with van der Waals surface area (Å²) in [5.41, 5.74) is 1.42. The molecule has 4 nitrogen and oxygen atoms in total. The Morgan fingerprint density at radius 3 is 2.33 bits per heavy atom. The molecule has 0 bridgehead atoms. The van der Waals surface area contributed by atoms with E-state index >= 15 is 0 Å². The van der Waals surface area contributed by atoms with Crippen LogP contribution in [0, 0.1) is 0 Å². The summed E-state index contributed by atoms with van der Waals surface area (Å²) >= 11 is 0. The van der Waals surface area contributed by atoms with Gasteiger partial charge in [-0.3, -0.25) is 4.98 Å². The Morgan fingerprint density at radius 2 is 1.71 bits per heavy atom. The van der Waals surface area contributed by atoms with E-state index in [1.165, 1.54) is 25.7 Å². The van der Waals surface area contributed by atoms with Crippen LogP contribution < -0.4 is 10.8 Å². The molecule has 0 spiro atoms. The number of hydrogen-bond acceptors (Lipinski definition) is 4. The summed E-state index contributed by atoms with van der Waals surface area (Å²) in [6.07, 6.45) is 8.86. The van der Waals surface area contributed by atoms with Gasteiger partial charge in [-0.1, -0.05) is 12.8 Å². The molecule has 2 aliphatic rings. The van der Waals surface area contributed by atoms with Gasteiger partial charge in [0.05, 0.1) is 16.9 Å². The second-order valence-electron chi connectivity index (χ2n) is 7.22. The van der Waals surface area contributed by atoms with Crippen LogP contribution in [0.25, 0.3) is 0 Å². The average Bonchev–Trinajstić information content (AvgIpc) is 2.97. The van der Waals surface area contributed by atoms with Gasteiger partial charge in [0.15, 0.2) is 0 Å². The highest BCUT2D eigenvalue weighted by atomic mass is 16.7. The Labute approximate surface area is 127 Å². The predicted molar refractivity (Wildman–Crippen MR) is 85.8 cm³/mol. The van der Waals surface area contributed by atoms with Crippen LogP contribution >= 0.6 is 0 Å². The number of hydrogen-bond donors (Lipinski definition) is 1. The lowest BCUT2D eigenvalue weighted by atomic mass is 9.80. The molecule has 114 valence electrons. The lowest BCUT2D eigenvalue weighted by Crippen LogP contribution is -2.41. The van der Waals surface area contributed by atoms with E-state index in [9.17, 15) is 0 Å². The second kappa shape index (κ2) is 5.29. The van der Waals surface area contributed by atoms with Gasteiger partial charge in [-0.15, -0.1) is 0 Å². The van der Waals surface area contributed by atoms with Crippen molar-refractivity contribution >= 4 is 18.3 Å². The number of nitrogens with zero attached hydrogens (tertiary/aromatic N) is 1. The van der Waals surface area contributed by atoms with Crippen molar-refractivity contribution in [2.75, 3.05) is 5.32 Å². The summed E-state index contributed by atoms with van der Waals surface area (Å²) in [5, 5.41) is 3.57. The van der Waals surface area contributed by atoms with E-state index in [1.807, 2.05) is 12.4 Å². The molecule has 0 unspecified atom stereocenters. The summed E-state index contributed by atoms with van der Waals surface area (Å²) < 4.78 is 12.2. The van der Waals surface area contributed by atoms with Crippen molar-refractivity contribution in [3.63, 3.8) is 0 Å². The third kappa shape index (κ3) is 2.95. The number of pyridine rings is 1. The molecule has 1 saturated carbocycles. The van der Waals surface area contributed by atoms with Gasteiger partial charge in [0.25, 0.3) is 0 Å². The van der Waals surface area contributed by atoms with Crippen molar-refractivity contribution in [2.24, 2.45) is 0 Å². The zero-order valence-corrected chi connectivity index (χ0v) is 13.5. The monoisotopic (exact) mass is 288 g/mol. The largest absolute Gasteiger partial charge is 0.496 e. The SMILES string of the molecule is CC1(C)OB(c2cncc(NC3CCCC3)c2)OC1(C)C. The number of nitrogens with one attached hydrogen (secondary N) is 1. The van der Waals surface area contributed by atoms with Crippen LogP contribution in [-0.4, -0.2) is 29.3 Å². The molecule has 1 aliphatic carbocycles. The molecule has 0 amide bonds. The van der Waals surface area contributed by atoms with E-state index in [0.29, 0.717) is 6.04 Å². The standard InChI is InChI=1S/C16H25BN2O2/c1-15(2)16(3,4)21-17(20-15)12-9-14(11-18-10-12)19-13-7-5-6-8-13/h9-11,13,19H,5-8H2,1-4H3. The summed E-state index contributed by atoms with van der Waals surface area (Å²) in [6.45, 7) is 8.28. The maximum atomic E-state index is 6.09. The fourth-order valence-corrected chi connectivity index (χ4v) is 2.95. The summed E-state index contributed by atoms with van der Waals surface area (Å²) in [7, 11) is -0.340. The van der Waals surface area contributed by atoms with Gasteiger partial charge in [0.2, 0.25) is 0 Å². The van der Waals surface area contributed by atoms with Crippen LogP contribution in [0.2, 0.25) is 0 Å². The molecule has 1 aliphatic heterocycles. The lowest BCUT2D eigenvalue weighted by molar-refractivity contribution is 0.00578. The van der Waals surface area contributed by atoms with Crippen molar-refractivity contribution < 1.29 is 9.31 Å². The first-order chi connectivity index (χ1) is 9.87. The van der Waals surface area contributed by atoms with Gasteiger partial charge in [-0.05, 0) is 46.6 Å². The Hall–Kier alpha value is -1.07. The van der Waals surface area contributed by atoms with E-state index in [4.69, 9.17) is 9.31 Å². The minimum atomic E-state index is -0.340. The van der Waals surface area contributed by atoms with Gasteiger partial charge in [0, 0.05) is 23.9 Å². The molecule has 21 heavy (non-hydrogen) atoms. The van der Waals surface area contributed by atoms with E-state index in [2.05, 4.69) is 44.1 Å². The van der Waals surface area contributed by atoms with Gasteiger partial charge in [0.1, 0.15) is 0 Å². The van der Waals surface area contributed by atoms with E-state index < -0.39 is 0 Å². The minimum Gasteiger partial charge on any atom is -0.399 e. The molecule has 1 aromatic rings. The summed E-state index contributed by atoms with van der Waals surface area (Å²) in [4.78, 5) is 4.34. The van der Waals surface area contributed by atoms with Crippen LogP contribution in [0.1, 0.15) is 53.4 Å². The lowest BCUT2D eigenvalue weighted by Gasteiger charge is -2.32. The quantitative estimate of drug-likeness (QED) is 0.869. The van der Waals surface area contributed by atoms with Crippen molar-refractivity contribution in [2.45, 2.75) is 70.6 Å². The number of anilines is 1. The molecule has 2 fully saturated rings. The van der Waals surface area contributed by atoms with Gasteiger partial charge in [-0.2, -0.15) is 0 Å². The van der Waals surface area contributed by atoms with E-state index in [0.717, 1.165) is 11.2 Å². The molecule has 0 atom stereocenters.